The maximum absolute atomic E-state index is 11.1. The van der Waals surface area contributed by atoms with Crippen LogP contribution in [0.3, 0.4) is 0 Å². The number of H-pyrrole nitrogens is 1. The number of para-hydroxylation sites is 1. The number of hydrogen-bond donors (Lipinski definition) is 3. The van der Waals surface area contributed by atoms with E-state index in [1.165, 1.54) is 0 Å². The lowest BCUT2D eigenvalue weighted by Crippen LogP contribution is -2.38. The van der Waals surface area contributed by atoms with E-state index >= 15 is 0 Å². The van der Waals surface area contributed by atoms with Crippen LogP contribution in [0, 0.1) is 0 Å². The van der Waals surface area contributed by atoms with Crippen molar-refractivity contribution in [1.82, 2.24) is 10.3 Å². The molecule has 1 aromatic carbocycles. The molecule has 1 aromatic heterocycles. The van der Waals surface area contributed by atoms with Gasteiger partial charge in [-0.25, -0.2) is 0 Å². The number of hydrogen-bond acceptors (Lipinski definition) is 2. The van der Waals surface area contributed by atoms with Crippen molar-refractivity contribution in [2.24, 2.45) is 0 Å². The molecule has 0 aliphatic carbocycles. The summed E-state index contributed by atoms with van der Waals surface area (Å²) in [5, 5.41) is 13.2. The fourth-order valence-electron chi connectivity index (χ4n) is 2.01. The lowest BCUT2D eigenvalue weighted by molar-refractivity contribution is -0.139. The molecule has 2 rings (SSSR count). The van der Waals surface area contributed by atoms with Crippen LogP contribution in [-0.2, 0) is 11.2 Å². The number of aromatic nitrogens is 1. The molecular formula is C13H16N2O2. The van der Waals surface area contributed by atoms with Crippen LogP contribution in [0.1, 0.15) is 12.5 Å². The second-order valence-corrected chi connectivity index (χ2v) is 4.01. The maximum atomic E-state index is 11.1. The minimum atomic E-state index is -0.808. The number of carboxylic acid groups (broad SMARTS) is 1. The summed E-state index contributed by atoms with van der Waals surface area (Å²) < 4.78 is 0. The van der Waals surface area contributed by atoms with Gasteiger partial charge in [-0.1, -0.05) is 25.1 Å². The Bertz CT molecular complexity index is 519. The van der Waals surface area contributed by atoms with Gasteiger partial charge in [0.25, 0.3) is 0 Å². The molecule has 17 heavy (non-hydrogen) atoms. The van der Waals surface area contributed by atoms with Gasteiger partial charge >= 0.3 is 5.97 Å². The standard InChI is InChI=1S/C13H16N2O2/c1-2-14-12(13(16)17)7-9-8-15-11-6-4-3-5-10(9)11/h3-6,8,12,14-15H,2,7H2,1H3,(H,16,17)/t12-/m1/s1. The first-order chi connectivity index (χ1) is 8.22. The van der Waals surface area contributed by atoms with Gasteiger partial charge in [0.2, 0.25) is 0 Å². The number of aliphatic carboxylic acids is 1. The molecule has 0 aliphatic rings. The van der Waals surface area contributed by atoms with Crippen LogP contribution >= 0.6 is 0 Å². The number of rotatable bonds is 5. The second kappa shape index (κ2) is 5.01. The lowest BCUT2D eigenvalue weighted by Gasteiger charge is -2.12. The summed E-state index contributed by atoms with van der Waals surface area (Å²) in [6.45, 7) is 2.56. The van der Waals surface area contributed by atoms with Crippen LogP contribution in [0.5, 0.6) is 0 Å². The lowest BCUT2D eigenvalue weighted by atomic mass is 10.1. The van der Waals surface area contributed by atoms with Crippen molar-refractivity contribution in [2.45, 2.75) is 19.4 Å². The zero-order valence-electron chi connectivity index (χ0n) is 9.73. The minimum Gasteiger partial charge on any atom is -0.480 e. The molecule has 0 aliphatic heterocycles. The zero-order chi connectivity index (χ0) is 12.3. The molecule has 90 valence electrons. The van der Waals surface area contributed by atoms with Gasteiger partial charge in [-0.2, -0.15) is 0 Å². The number of carboxylic acids is 1. The van der Waals surface area contributed by atoms with Crippen molar-refractivity contribution in [2.75, 3.05) is 6.54 Å². The van der Waals surface area contributed by atoms with Gasteiger partial charge in [0.05, 0.1) is 0 Å². The summed E-state index contributed by atoms with van der Waals surface area (Å²) in [5.74, 6) is -0.808. The molecule has 1 atom stereocenters. The van der Waals surface area contributed by atoms with Gasteiger partial charge in [-0.05, 0) is 18.2 Å². The number of likely N-dealkylation sites (N-methyl/N-ethyl adjacent to an activating group) is 1. The molecule has 0 fully saturated rings. The first-order valence-corrected chi connectivity index (χ1v) is 5.73. The fourth-order valence-corrected chi connectivity index (χ4v) is 2.01. The average Bonchev–Trinajstić information content (AvgIpc) is 2.72. The highest BCUT2D eigenvalue weighted by Crippen LogP contribution is 2.19. The molecule has 2 aromatic rings. The molecule has 0 unspecified atom stereocenters. The zero-order valence-corrected chi connectivity index (χ0v) is 9.73. The smallest absolute Gasteiger partial charge is 0.321 e. The van der Waals surface area contributed by atoms with E-state index in [1.54, 1.807) is 0 Å². The maximum Gasteiger partial charge on any atom is 0.321 e. The molecule has 0 saturated heterocycles. The summed E-state index contributed by atoms with van der Waals surface area (Å²) in [5.41, 5.74) is 2.08. The number of nitrogens with one attached hydrogen (secondary N) is 2. The highest BCUT2D eigenvalue weighted by atomic mass is 16.4. The van der Waals surface area contributed by atoms with E-state index in [-0.39, 0.29) is 0 Å². The van der Waals surface area contributed by atoms with Gasteiger partial charge in [0.15, 0.2) is 0 Å². The summed E-state index contributed by atoms with van der Waals surface area (Å²) in [4.78, 5) is 14.2. The molecular weight excluding hydrogens is 216 g/mol. The quantitative estimate of drug-likeness (QED) is 0.736. The predicted octanol–water partition coefficient (Wildman–Crippen LogP) is 1.77. The van der Waals surface area contributed by atoms with E-state index in [4.69, 9.17) is 5.11 Å². The Morgan fingerprint density at radius 3 is 2.94 bits per heavy atom. The Hall–Kier alpha value is -1.81. The Kier molecular flexibility index (Phi) is 3.44. The van der Waals surface area contributed by atoms with Gasteiger partial charge in [0, 0.05) is 23.5 Å². The minimum absolute atomic E-state index is 0.493. The summed E-state index contributed by atoms with van der Waals surface area (Å²) >= 11 is 0. The van der Waals surface area contributed by atoms with Gasteiger partial charge in [-0.15, -0.1) is 0 Å². The van der Waals surface area contributed by atoms with Crippen molar-refractivity contribution in [1.29, 1.82) is 0 Å². The number of carbonyl (C=O) groups is 1. The molecule has 4 nitrogen and oxygen atoms in total. The van der Waals surface area contributed by atoms with Gasteiger partial charge in [0.1, 0.15) is 6.04 Å². The van der Waals surface area contributed by atoms with Crippen molar-refractivity contribution >= 4 is 16.9 Å². The topological polar surface area (TPSA) is 65.1 Å². The molecule has 0 bridgehead atoms. The molecule has 0 radical (unpaired) electrons. The van der Waals surface area contributed by atoms with Crippen LogP contribution in [0.15, 0.2) is 30.5 Å². The second-order valence-electron chi connectivity index (χ2n) is 4.01. The highest BCUT2D eigenvalue weighted by Gasteiger charge is 2.17. The van der Waals surface area contributed by atoms with Crippen LogP contribution in [0.25, 0.3) is 10.9 Å². The molecule has 4 heteroatoms. The molecule has 0 saturated carbocycles. The largest absolute Gasteiger partial charge is 0.480 e. The fraction of sp³-hybridized carbons (Fsp3) is 0.308. The average molecular weight is 232 g/mol. The predicted molar refractivity (Wildman–Crippen MR) is 67.1 cm³/mol. The van der Waals surface area contributed by atoms with Crippen molar-refractivity contribution in [3.8, 4) is 0 Å². The van der Waals surface area contributed by atoms with Crippen LogP contribution in [0.4, 0.5) is 0 Å². The Labute approximate surface area is 99.7 Å². The monoisotopic (exact) mass is 232 g/mol. The van der Waals surface area contributed by atoms with Gasteiger partial charge in [-0.3, -0.25) is 4.79 Å². The summed E-state index contributed by atoms with van der Waals surface area (Å²) in [7, 11) is 0. The Balaban J connectivity index is 2.25. The molecule has 0 amide bonds. The van der Waals surface area contributed by atoms with Crippen molar-refractivity contribution in [3.63, 3.8) is 0 Å². The van der Waals surface area contributed by atoms with E-state index in [2.05, 4.69) is 10.3 Å². The van der Waals surface area contributed by atoms with E-state index in [0.29, 0.717) is 13.0 Å². The SMILES string of the molecule is CCN[C@H](Cc1c[nH]c2ccccc12)C(=O)O. The third-order valence-electron chi connectivity index (χ3n) is 2.85. The summed E-state index contributed by atoms with van der Waals surface area (Å²) in [6.07, 6.45) is 2.38. The molecule has 3 N–H and O–H groups in total. The van der Waals surface area contributed by atoms with Crippen LogP contribution < -0.4 is 5.32 Å². The molecule has 0 spiro atoms. The Morgan fingerprint density at radius 1 is 1.47 bits per heavy atom. The normalized spacial score (nSPS) is 12.8. The van der Waals surface area contributed by atoms with Crippen LogP contribution in [-0.4, -0.2) is 28.6 Å². The first-order valence-electron chi connectivity index (χ1n) is 5.73. The van der Waals surface area contributed by atoms with E-state index in [0.717, 1.165) is 16.5 Å². The highest BCUT2D eigenvalue weighted by molar-refractivity contribution is 5.84. The van der Waals surface area contributed by atoms with E-state index < -0.39 is 12.0 Å². The van der Waals surface area contributed by atoms with Crippen molar-refractivity contribution in [3.05, 3.63) is 36.0 Å². The van der Waals surface area contributed by atoms with Gasteiger partial charge < -0.3 is 15.4 Å². The number of benzene rings is 1. The van der Waals surface area contributed by atoms with E-state index in [9.17, 15) is 4.79 Å². The third-order valence-corrected chi connectivity index (χ3v) is 2.85. The number of fused-ring (bicyclic) bond motifs is 1. The number of aromatic amines is 1. The Morgan fingerprint density at radius 2 is 2.24 bits per heavy atom. The van der Waals surface area contributed by atoms with Crippen molar-refractivity contribution < 1.29 is 9.90 Å². The molecule has 1 heterocycles. The third kappa shape index (κ3) is 2.47. The van der Waals surface area contributed by atoms with E-state index in [1.807, 2.05) is 37.4 Å². The first kappa shape index (κ1) is 11.7. The van der Waals surface area contributed by atoms with Crippen LogP contribution in [0.2, 0.25) is 0 Å². The summed E-state index contributed by atoms with van der Waals surface area (Å²) in [6, 6.07) is 7.39.